The molecule has 1 unspecified atom stereocenters. The highest BCUT2D eigenvalue weighted by Crippen LogP contribution is 2.35. The molecule has 1 aliphatic carbocycles. The van der Waals surface area contributed by atoms with Gasteiger partial charge in [-0.2, -0.15) is 0 Å². The number of hydrogen-bond donors (Lipinski definition) is 1. The molecule has 0 bridgehead atoms. The van der Waals surface area contributed by atoms with Gasteiger partial charge in [0.25, 0.3) is 0 Å². The van der Waals surface area contributed by atoms with Gasteiger partial charge in [-0.05, 0) is 50.3 Å². The maximum Gasteiger partial charge on any atom is 0.183 e. The van der Waals surface area contributed by atoms with Crippen LogP contribution in [0.4, 0.5) is 5.13 Å². The third kappa shape index (κ3) is 2.39. The standard InChI is InChI=1S/C16H20N2S/c1-10-5-4-6-13-7-8-14(15(10)13)9-17-16-18-11(2)12(3)19-16/h4-6,14H,7-9H2,1-3H3,(H,17,18). The Morgan fingerprint density at radius 1 is 1.32 bits per heavy atom. The van der Waals surface area contributed by atoms with Crippen molar-refractivity contribution in [1.29, 1.82) is 0 Å². The quantitative estimate of drug-likeness (QED) is 0.905. The van der Waals surface area contributed by atoms with Crippen molar-refractivity contribution in [2.75, 3.05) is 11.9 Å². The minimum atomic E-state index is 0.640. The highest BCUT2D eigenvalue weighted by molar-refractivity contribution is 7.15. The normalized spacial score (nSPS) is 17.5. The smallest absolute Gasteiger partial charge is 0.183 e. The van der Waals surface area contributed by atoms with Gasteiger partial charge in [0, 0.05) is 17.3 Å². The zero-order chi connectivity index (χ0) is 13.4. The van der Waals surface area contributed by atoms with Gasteiger partial charge in [-0.1, -0.05) is 18.2 Å². The molecule has 2 aromatic rings. The lowest BCUT2D eigenvalue weighted by atomic mass is 9.96. The predicted octanol–water partition coefficient (Wildman–Crippen LogP) is 4.21. The van der Waals surface area contributed by atoms with Gasteiger partial charge in [-0.25, -0.2) is 4.98 Å². The van der Waals surface area contributed by atoms with Crippen molar-refractivity contribution < 1.29 is 0 Å². The number of benzene rings is 1. The number of rotatable bonds is 3. The number of aromatic nitrogens is 1. The second-order valence-electron chi connectivity index (χ2n) is 5.42. The molecule has 0 aliphatic heterocycles. The van der Waals surface area contributed by atoms with E-state index in [4.69, 9.17) is 0 Å². The maximum absolute atomic E-state index is 4.56. The topological polar surface area (TPSA) is 24.9 Å². The summed E-state index contributed by atoms with van der Waals surface area (Å²) in [4.78, 5) is 5.87. The molecule has 3 heteroatoms. The molecule has 0 radical (unpaired) electrons. The summed E-state index contributed by atoms with van der Waals surface area (Å²) in [6.07, 6.45) is 2.48. The first kappa shape index (κ1) is 12.7. The van der Waals surface area contributed by atoms with Crippen LogP contribution in [0.15, 0.2) is 18.2 Å². The molecule has 0 saturated heterocycles. The summed E-state index contributed by atoms with van der Waals surface area (Å²) in [7, 11) is 0. The van der Waals surface area contributed by atoms with Gasteiger partial charge in [0.15, 0.2) is 5.13 Å². The summed E-state index contributed by atoms with van der Waals surface area (Å²) in [5.74, 6) is 0.640. The van der Waals surface area contributed by atoms with Gasteiger partial charge >= 0.3 is 0 Å². The Balaban J connectivity index is 1.73. The van der Waals surface area contributed by atoms with Crippen molar-refractivity contribution in [3.63, 3.8) is 0 Å². The predicted molar refractivity (Wildman–Crippen MR) is 82.3 cm³/mol. The minimum absolute atomic E-state index is 0.640. The maximum atomic E-state index is 4.56. The fraction of sp³-hybridized carbons (Fsp3) is 0.438. The molecule has 1 aromatic heterocycles. The summed E-state index contributed by atoms with van der Waals surface area (Å²) in [5, 5.41) is 4.59. The number of anilines is 1. The van der Waals surface area contributed by atoms with Crippen LogP contribution in [0.25, 0.3) is 0 Å². The average Bonchev–Trinajstić information content (AvgIpc) is 2.93. The largest absolute Gasteiger partial charge is 0.361 e. The number of aryl methyl sites for hydroxylation is 4. The van der Waals surface area contributed by atoms with Crippen LogP contribution in [0.2, 0.25) is 0 Å². The lowest BCUT2D eigenvalue weighted by Crippen LogP contribution is -2.11. The van der Waals surface area contributed by atoms with Crippen molar-refractivity contribution in [3.8, 4) is 0 Å². The SMILES string of the molecule is Cc1cccc2c1C(CNc1nc(C)c(C)s1)CC2. The Morgan fingerprint density at radius 2 is 2.16 bits per heavy atom. The summed E-state index contributed by atoms with van der Waals surface area (Å²) in [5.41, 5.74) is 5.70. The van der Waals surface area contributed by atoms with Crippen LogP contribution >= 0.6 is 11.3 Å². The molecule has 100 valence electrons. The Kier molecular flexibility index (Phi) is 3.31. The van der Waals surface area contributed by atoms with Crippen molar-refractivity contribution in [2.45, 2.75) is 39.5 Å². The summed E-state index contributed by atoms with van der Waals surface area (Å²) in [6.45, 7) is 7.44. The van der Waals surface area contributed by atoms with Crippen LogP contribution in [0, 0.1) is 20.8 Å². The van der Waals surface area contributed by atoms with E-state index in [1.807, 2.05) is 0 Å². The second-order valence-corrected chi connectivity index (χ2v) is 6.63. The first-order valence-electron chi connectivity index (χ1n) is 6.91. The molecule has 0 amide bonds. The van der Waals surface area contributed by atoms with Gasteiger partial charge in [0.2, 0.25) is 0 Å². The van der Waals surface area contributed by atoms with Crippen LogP contribution < -0.4 is 5.32 Å². The highest BCUT2D eigenvalue weighted by Gasteiger charge is 2.23. The Morgan fingerprint density at radius 3 is 2.89 bits per heavy atom. The Labute approximate surface area is 118 Å². The molecule has 2 nitrogen and oxygen atoms in total. The highest BCUT2D eigenvalue weighted by atomic mass is 32.1. The monoisotopic (exact) mass is 272 g/mol. The van der Waals surface area contributed by atoms with E-state index in [1.165, 1.54) is 23.3 Å². The third-order valence-corrected chi connectivity index (χ3v) is 5.14. The summed E-state index contributed by atoms with van der Waals surface area (Å²) in [6, 6.07) is 6.69. The summed E-state index contributed by atoms with van der Waals surface area (Å²) < 4.78 is 0. The lowest BCUT2D eigenvalue weighted by molar-refractivity contribution is 0.705. The minimum Gasteiger partial charge on any atom is -0.361 e. The van der Waals surface area contributed by atoms with Crippen LogP contribution in [0.5, 0.6) is 0 Å². The first-order valence-corrected chi connectivity index (χ1v) is 7.73. The molecule has 19 heavy (non-hydrogen) atoms. The van der Waals surface area contributed by atoms with Crippen LogP contribution in [0.3, 0.4) is 0 Å². The van der Waals surface area contributed by atoms with Crippen LogP contribution in [0.1, 0.15) is 39.6 Å². The number of fused-ring (bicyclic) bond motifs is 1. The molecule has 1 aromatic carbocycles. The van der Waals surface area contributed by atoms with Gasteiger partial charge in [-0.15, -0.1) is 11.3 Å². The number of nitrogens with one attached hydrogen (secondary N) is 1. The van der Waals surface area contributed by atoms with Gasteiger partial charge in [0.1, 0.15) is 0 Å². The zero-order valence-corrected chi connectivity index (χ0v) is 12.6. The van der Waals surface area contributed by atoms with Crippen LogP contribution in [-0.2, 0) is 6.42 Å². The van der Waals surface area contributed by atoms with E-state index in [0.717, 1.165) is 17.4 Å². The molecule has 3 rings (SSSR count). The first-order chi connectivity index (χ1) is 9.15. The Bertz CT molecular complexity index is 581. The van der Waals surface area contributed by atoms with E-state index in [1.54, 1.807) is 22.5 Å². The molecular weight excluding hydrogens is 252 g/mol. The molecule has 1 heterocycles. The molecular formula is C16H20N2S. The van der Waals surface area contributed by atoms with E-state index in [2.05, 4.69) is 49.3 Å². The van der Waals surface area contributed by atoms with Gasteiger partial charge in [0.05, 0.1) is 5.69 Å². The molecule has 1 N–H and O–H groups in total. The third-order valence-electron chi connectivity index (χ3n) is 4.11. The van der Waals surface area contributed by atoms with Crippen molar-refractivity contribution in [1.82, 2.24) is 4.98 Å². The fourth-order valence-corrected chi connectivity index (χ4v) is 3.80. The van der Waals surface area contributed by atoms with Crippen molar-refractivity contribution in [2.24, 2.45) is 0 Å². The second kappa shape index (κ2) is 4.97. The number of hydrogen-bond acceptors (Lipinski definition) is 3. The molecule has 0 saturated carbocycles. The number of thiazole rings is 1. The molecule has 1 atom stereocenters. The molecule has 0 fully saturated rings. The molecule has 1 aliphatic rings. The van der Waals surface area contributed by atoms with Gasteiger partial charge < -0.3 is 5.32 Å². The summed E-state index contributed by atoms with van der Waals surface area (Å²) >= 11 is 1.76. The lowest BCUT2D eigenvalue weighted by Gasteiger charge is -2.14. The van der Waals surface area contributed by atoms with E-state index < -0.39 is 0 Å². The van der Waals surface area contributed by atoms with Crippen molar-refractivity contribution >= 4 is 16.5 Å². The van der Waals surface area contributed by atoms with Crippen molar-refractivity contribution in [3.05, 3.63) is 45.5 Å². The van der Waals surface area contributed by atoms with E-state index in [9.17, 15) is 0 Å². The van der Waals surface area contributed by atoms with E-state index in [-0.39, 0.29) is 0 Å². The molecule has 0 spiro atoms. The Hall–Kier alpha value is -1.35. The number of nitrogens with zero attached hydrogens (tertiary/aromatic N) is 1. The average molecular weight is 272 g/mol. The zero-order valence-electron chi connectivity index (χ0n) is 11.8. The van der Waals surface area contributed by atoms with Gasteiger partial charge in [-0.3, -0.25) is 0 Å². The van der Waals surface area contributed by atoms with E-state index >= 15 is 0 Å². The van der Waals surface area contributed by atoms with E-state index in [0.29, 0.717) is 5.92 Å². The fourth-order valence-electron chi connectivity index (χ4n) is 2.98. The van der Waals surface area contributed by atoms with Crippen LogP contribution in [-0.4, -0.2) is 11.5 Å².